The number of aromatic nitrogens is 1. The van der Waals surface area contributed by atoms with E-state index in [1.807, 2.05) is 17.5 Å². The highest BCUT2D eigenvalue weighted by atomic mass is 32.1. The maximum Gasteiger partial charge on any atom is 0.236 e. The minimum Gasteiger partial charge on any atom is -0.443 e. The second kappa shape index (κ2) is 6.43. The van der Waals surface area contributed by atoms with Crippen LogP contribution in [-0.4, -0.2) is 29.7 Å². The molecule has 6 nitrogen and oxygen atoms in total. The summed E-state index contributed by atoms with van der Waals surface area (Å²) < 4.78 is 16.9. The van der Waals surface area contributed by atoms with Crippen molar-refractivity contribution in [1.82, 2.24) is 4.98 Å². The van der Waals surface area contributed by atoms with Crippen LogP contribution in [0.25, 0.3) is 10.8 Å². The van der Waals surface area contributed by atoms with Crippen LogP contribution < -0.4 is 0 Å². The zero-order valence-corrected chi connectivity index (χ0v) is 13.5. The summed E-state index contributed by atoms with van der Waals surface area (Å²) in [5.41, 5.74) is 1.80. The van der Waals surface area contributed by atoms with E-state index in [2.05, 4.69) is 10.1 Å². The normalized spacial score (nSPS) is 20.1. The highest BCUT2D eigenvalue weighted by Gasteiger charge is 2.39. The molecule has 2 aromatic rings. The lowest BCUT2D eigenvalue weighted by Gasteiger charge is -2.31. The molecule has 1 saturated heterocycles. The lowest BCUT2D eigenvalue weighted by Crippen LogP contribution is -2.35. The average molecular weight is 334 g/mol. The van der Waals surface area contributed by atoms with Gasteiger partial charge in [0.1, 0.15) is 12.0 Å². The first-order valence-electron chi connectivity index (χ1n) is 7.77. The first-order valence-corrected chi connectivity index (χ1v) is 8.65. The second-order valence-corrected chi connectivity index (χ2v) is 6.61. The first kappa shape index (κ1) is 14.9. The number of thiophene rings is 1. The number of oxime groups is 1. The van der Waals surface area contributed by atoms with Gasteiger partial charge < -0.3 is 18.7 Å². The second-order valence-electron chi connectivity index (χ2n) is 5.66. The molecule has 0 unspecified atom stereocenters. The highest BCUT2D eigenvalue weighted by molar-refractivity contribution is 7.13. The molecule has 0 atom stereocenters. The van der Waals surface area contributed by atoms with Gasteiger partial charge >= 0.3 is 0 Å². The molecule has 0 aromatic carbocycles. The van der Waals surface area contributed by atoms with Gasteiger partial charge in [0.15, 0.2) is 12.4 Å². The first-order chi connectivity index (χ1) is 11.3. The van der Waals surface area contributed by atoms with Crippen molar-refractivity contribution in [2.75, 3.05) is 13.2 Å². The van der Waals surface area contributed by atoms with Crippen LogP contribution in [0.2, 0.25) is 0 Å². The Morgan fingerprint density at radius 3 is 2.83 bits per heavy atom. The summed E-state index contributed by atoms with van der Waals surface area (Å²) in [6.07, 6.45) is 5.01. The van der Waals surface area contributed by atoms with E-state index in [0.29, 0.717) is 25.7 Å². The lowest BCUT2D eigenvalue weighted by atomic mass is 9.92. The Balaban J connectivity index is 1.28. The van der Waals surface area contributed by atoms with Crippen LogP contribution in [0, 0.1) is 0 Å². The third-order valence-electron chi connectivity index (χ3n) is 4.09. The number of nitrogens with zero attached hydrogens (tertiary/aromatic N) is 2. The van der Waals surface area contributed by atoms with Gasteiger partial charge in [0.25, 0.3) is 0 Å². The monoisotopic (exact) mass is 334 g/mol. The minimum absolute atomic E-state index is 0.316. The van der Waals surface area contributed by atoms with Gasteiger partial charge in [-0.25, -0.2) is 4.98 Å². The molecule has 1 saturated carbocycles. The molecule has 2 aromatic heterocycles. The van der Waals surface area contributed by atoms with E-state index in [4.69, 9.17) is 18.7 Å². The van der Waals surface area contributed by atoms with E-state index in [1.165, 1.54) is 0 Å². The molecule has 0 bridgehead atoms. The summed E-state index contributed by atoms with van der Waals surface area (Å²) >= 11 is 1.60. The van der Waals surface area contributed by atoms with E-state index in [0.717, 1.165) is 42.0 Å². The molecule has 1 aliphatic carbocycles. The molecule has 2 fully saturated rings. The molecule has 2 aliphatic rings. The number of hydrogen-bond donors (Lipinski definition) is 0. The van der Waals surface area contributed by atoms with Gasteiger partial charge in [-0.15, -0.1) is 11.3 Å². The van der Waals surface area contributed by atoms with Crippen LogP contribution in [0.5, 0.6) is 0 Å². The predicted octanol–water partition coefficient (Wildman–Crippen LogP) is 3.59. The van der Waals surface area contributed by atoms with E-state index in [-0.39, 0.29) is 5.79 Å². The minimum atomic E-state index is -0.360. The molecule has 0 amide bonds. The van der Waals surface area contributed by atoms with Crippen molar-refractivity contribution in [2.45, 2.75) is 38.1 Å². The van der Waals surface area contributed by atoms with Gasteiger partial charge in [-0.1, -0.05) is 11.2 Å². The Kier molecular flexibility index (Phi) is 4.15. The van der Waals surface area contributed by atoms with Gasteiger partial charge in [-0.3, -0.25) is 0 Å². The topological polar surface area (TPSA) is 66.1 Å². The SMILES string of the molecule is c1csc(-c2nc(CON=C3CCC4(CC3)OCCO4)co2)c1. The molecule has 4 rings (SSSR count). The summed E-state index contributed by atoms with van der Waals surface area (Å²) in [6, 6.07) is 3.95. The predicted molar refractivity (Wildman–Crippen MR) is 85.1 cm³/mol. The van der Waals surface area contributed by atoms with Gasteiger partial charge in [0.05, 0.1) is 23.8 Å². The molecular formula is C16H18N2O4S. The summed E-state index contributed by atoms with van der Waals surface area (Å²) in [5, 5.41) is 6.23. The van der Waals surface area contributed by atoms with Crippen LogP contribution in [-0.2, 0) is 20.9 Å². The molecule has 3 heterocycles. The number of oxazole rings is 1. The molecule has 0 radical (unpaired) electrons. The van der Waals surface area contributed by atoms with Crippen molar-refractivity contribution < 1.29 is 18.7 Å². The third-order valence-corrected chi connectivity index (χ3v) is 4.95. The zero-order chi connectivity index (χ0) is 15.5. The van der Waals surface area contributed by atoms with Crippen molar-refractivity contribution in [3.8, 4) is 10.8 Å². The fraction of sp³-hybridized carbons (Fsp3) is 0.500. The number of rotatable bonds is 4. The lowest BCUT2D eigenvalue weighted by molar-refractivity contribution is -0.168. The van der Waals surface area contributed by atoms with Crippen molar-refractivity contribution in [3.63, 3.8) is 0 Å². The van der Waals surface area contributed by atoms with Gasteiger partial charge in [-0.05, 0) is 24.3 Å². The standard InChI is InChI=1S/C16H18N2O4S/c1-2-14(23-9-1)15-17-13(10-19-15)11-22-18-12-3-5-16(6-4-12)20-7-8-21-16/h1-2,9-10H,3-8,11H2. The summed E-state index contributed by atoms with van der Waals surface area (Å²) in [6.45, 7) is 1.71. The summed E-state index contributed by atoms with van der Waals surface area (Å²) in [7, 11) is 0. The van der Waals surface area contributed by atoms with Crippen LogP contribution >= 0.6 is 11.3 Å². The summed E-state index contributed by atoms with van der Waals surface area (Å²) in [4.78, 5) is 10.8. The molecule has 0 N–H and O–H groups in total. The summed E-state index contributed by atoms with van der Waals surface area (Å²) in [5.74, 6) is 0.266. The van der Waals surface area contributed by atoms with Gasteiger partial charge in [0.2, 0.25) is 5.89 Å². The molecular weight excluding hydrogens is 316 g/mol. The third kappa shape index (κ3) is 3.31. The van der Waals surface area contributed by atoms with Crippen molar-refractivity contribution in [2.24, 2.45) is 5.16 Å². The Morgan fingerprint density at radius 2 is 2.09 bits per heavy atom. The maximum atomic E-state index is 5.70. The average Bonchev–Trinajstić information content (AvgIpc) is 3.30. The Morgan fingerprint density at radius 1 is 1.26 bits per heavy atom. The van der Waals surface area contributed by atoms with Crippen molar-refractivity contribution in [1.29, 1.82) is 0 Å². The van der Waals surface area contributed by atoms with Crippen molar-refractivity contribution in [3.05, 3.63) is 29.5 Å². The van der Waals surface area contributed by atoms with Crippen LogP contribution in [0.3, 0.4) is 0 Å². The molecule has 122 valence electrons. The Bertz CT molecular complexity index is 662. The van der Waals surface area contributed by atoms with Gasteiger partial charge in [0, 0.05) is 12.8 Å². The van der Waals surface area contributed by atoms with Crippen LogP contribution in [0.1, 0.15) is 31.4 Å². The van der Waals surface area contributed by atoms with E-state index < -0.39 is 0 Å². The largest absolute Gasteiger partial charge is 0.443 e. The van der Waals surface area contributed by atoms with Crippen LogP contribution in [0.15, 0.2) is 33.3 Å². The fourth-order valence-electron chi connectivity index (χ4n) is 2.87. The number of ether oxygens (including phenoxy) is 2. The van der Waals surface area contributed by atoms with Gasteiger partial charge in [-0.2, -0.15) is 0 Å². The Labute approximate surface area is 138 Å². The van der Waals surface area contributed by atoms with Crippen molar-refractivity contribution >= 4 is 17.0 Å². The quantitative estimate of drug-likeness (QED) is 0.799. The number of hydrogen-bond acceptors (Lipinski definition) is 7. The molecule has 7 heteroatoms. The highest BCUT2D eigenvalue weighted by Crippen LogP contribution is 2.34. The fourth-order valence-corrected chi connectivity index (χ4v) is 3.53. The van der Waals surface area contributed by atoms with E-state index in [9.17, 15) is 0 Å². The Hall–Kier alpha value is -1.70. The molecule has 1 spiro atoms. The molecule has 23 heavy (non-hydrogen) atoms. The van der Waals surface area contributed by atoms with E-state index >= 15 is 0 Å². The zero-order valence-electron chi connectivity index (χ0n) is 12.7. The van der Waals surface area contributed by atoms with E-state index in [1.54, 1.807) is 17.6 Å². The molecule has 1 aliphatic heterocycles. The maximum absolute atomic E-state index is 5.70. The van der Waals surface area contributed by atoms with Crippen LogP contribution in [0.4, 0.5) is 0 Å². The smallest absolute Gasteiger partial charge is 0.236 e.